The van der Waals surface area contributed by atoms with Crippen LogP contribution in [0, 0.1) is 5.41 Å². The van der Waals surface area contributed by atoms with Gasteiger partial charge in [0.15, 0.2) is 0 Å². The van der Waals surface area contributed by atoms with Crippen LogP contribution in [0.5, 0.6) is 0 Å². The first-order chi connectivity index (χ1) is 9.02. The second-order valence-corrected chi connectivity index (χ2v) is 7.54. The molecule has 118 valence electrons. The van der Waals surface area contributed by atoms with Crippen LogP contribution in [0.1, 0.15) is 67.2 Å². The minimum absolute atomic E-state index is 0.265. The molecule has 4 nitrogen and oxygen atoms in total. The first-order valence-electron chi connectivity index (χ1n) is 7.71. The first kappa shape index (κ1) is 17.4. The van der Waals surface area contributed by atoms with Crippen LogP contribution in [0.25, 0.3) is 0 Å². The van der Waals surface area contributed by atoms with Gasteiger partial charge in [0.1, 0.15) is 5.60 Å². The molecule has 1 saturated carbocycles. The fraction of sp³-hybridized carbons (Fsp3) is 0.938. The van der Waals surface area contributed by atoms with Crippen molar-refractivity contribution in [1.29, 1.82) is 0 Å². The number of hydrogen-bond acceptors (Lipinski definition) is 4. The van der Waals surface area contributed by atoms with Gasteiger partial charge in [0.2, 0.25) is 0 Å². The van der Waals surface area contributed by atoms with E-state index in [1.54, 1.807) is 13.8 Å². The molecule has 4 heteroatoms. The summed E-state index contributed by atoms with van der Waals surface area (Å²) in [6.45, 7) is 12.1. The van der Waals surface area contributed by atoms with Gasteiger partial charge >= 0.3 is 5.97 Å². The van der Waals surface area contributed by atoms with Crippen molar-refractivity contribution in [3.8, 4) is 0 Å². The zero-order valence-electron chi connectivity index (χ0n) is 13.9. The van der Waals surface area contributed by atoms with Gasteiger partial charge in [-0.25, -0.2) is 0 Å². The van der Waals surface area contributed by atoms with Crippen molar-refractivity contribution in [2.24, 2.45) is 5.41 Å². The molecule has 20 heavy (non-hydrogen) atoms. The lowest BCUT2D eigenvalue weighted by Gasteiger charge is -2.40. The Morgan fingerprint density at radius 3 is 2.40 bits per heavy atom. The van der Waals surface area contributed by atoms with E-state index in [1.807, 2.05) is 20.8 Å². The van der Waals surface area contributed by atoms with Crippen LogP contribution >= 0.6 is 0 Å². The number of hydrogen-bond donors (Lipinski definition) is 2. The molecule has 2 atom stereocenters. The van der Waals surface area contributed by atoms with E-state index in [0.717, 1.165) is 19.4 Å². The van der Waals surface area contributed by atoms with Crippen LogP contribution < -0.4 is 5.32 Å². The maximum Gasteiger partial charge on any atom is 0.315 e. The summed E-state index contributed by atoms with van der Waals surface area (Å²) in [4.78, 5) is 12.6. The molecule has 0 bridgehead atoms. The molecule has 1 aliphatic rings. The van der Waals surface area contributed by atoms with E-state index >= 15 is 0 Å². The first-order valence-corrected chi connectivity index (χ1v) is 7.71. The molecule has 0 aromatic rings. The third-order valence-corrected chi connectivity index (χ3v) is 4.16. The van der Waals surface area contributed by atoms with E-state index in [0.29, 0.717) is 12.8 Å². The second-order valence-electron chi connectivity index (χ2n) is 7.54. The molecule has 0 aliphatic heterocycles. The molecule has 0 aromatic carbocycles. The van der Waals surface area contributed by atoms with Crippen molar-refractivity contribution in [1.82, 2.24) is 5.32 Å². The van der Waals surface area contributed by atoms with Gasteiger partial charge < -0.3 is 15.2 Å². The third-order valence-electron chi connectivity index (χ3n) is 4.16. The Hall–Kier alpha value is -0.610. The Labute approximate surface area is 123 Å². The molecular weight excluding hydrogens is 254 g/mol. The zero-order valence-corrected chi connectivity index (χ0v) is 13.9. The van der Waals surface area contributed by atoms with Crippen LogP contribution in [-0.2, 0) is 9.53 Å². The highest BCUT2D eigenvalue weighted by atomic mass is 16.6. The molecule has 0 saturated heterocycles. The topological polar surface area (TPSA) is 58.6 Å². The average molecular weight is 285 g/mol. The van der Waals surface area contributed by atoms with E-state index in [-0.39, 0.29) is 12.0 Å². The summed E-state index contributed by atoms with van der Waals surface area (Å²) in [5, 5.41) is 14.0. The number of carbonyl (C=O) groups excluding carboxylic acids is 1. The Morgan fingerprint density at radius 1 is 1.35 bits per heavy atom. The van der Waals surface area contributed by atoms with Gasteiger partial charge in [-0.2, -0.15) is 0 Å². The maximum atomic E-state index is 12.6. The molecule has 0 aromatic heterocycles. The number of ether oxygens (including phenoxy) is 1. The van der Waals surface area contributed by atoms with Crippen LogP contribution in [0.4, 0.5) is 0 Å². The molecule has 1 fully saturated rings. The maximum absolute atomic E-state index is 12.6. The SMILES string of the molecule is CCCNC1CCC(C(=O)OC(C)(C)C)(C(C)(C)O)C1. The number of esters is 1. The van der Waals surface area contributed by atoms with Crippen LogP contribution in [0.3, 0.4) is 0 Å². The molecule has 1 aliphatic carbocycles. The quantitative estimate of drug-likeness (QED) is 0.762. The average Bonchev–Trinajstić information content (AvgIpc) is 2.68. The standard InChI is InChI=1S/C16H31NO3/c1-7-10-17-12-8-9-16(11-12,15(5,6)19)13(18)20-14(2,3)4/h12,17,19H,7-11H2,1-6H3. The Morgan fingerprint density at radius 2 is 1.95 bits per heavy atom. The molecule has 0 heterocycles. The largest absolute Gasteiger partial charge is 0.459 e. The molecule has 0 radical (unpaired) electrons. The highest BCUT2D eigenvalue weighted by Crippen LogP contribution is 2.48. The predicted octanol–water partition coefficient (Wildman–Crippen LogP) is 2.64. The van der Waals surface area contributed by atoms with Gasteiger partial charge in [0.25, 0.3) is 0 Å². The minimum Gasteiger partial charge on any atom is -0.459 e. The van der Waals surface area contributed by atoms with E-state index in [4.69, 9.17) is 4.74 Å². The Bertz CT molecular complexity index is 341. The van der Waals surface area contributed by atoms with Crippen LogP contribution in [0.15, 0.2) is 0 Å². The van der Waals surface area contributed by atoms with Crippen molar-refractivity contribution < 1.29 is 14.6 Å². The lowest BCUT2D eigenvalue weighted by molar-refractivity contribution is -0.183. The van der Waals surface area contributed by atoms with Gasteiger partial charge in [0, 0.05) is 6.04 Å². The summed E-state index contributed by atoms with van der Waals surface area (Å²) >= 11 is 0. The summed E-state index contributed by atoms with van der Waals surface area (Å²) in [5.74, 6) is -0.265. The second kappa shape index (κ2) is 6.02. The van der Waals surface area contributed by atoms with E-state index in [9.17, 15) is 9.90 Å². The zero-order chi connectivity index (χ0) is 15.6. The van der Waals surface area contributed by atoms with Crippen molar-refractivity contribution in [2.75, 3.05) is 6.54 Å². The Balaban J connectivity index is 2.88. The lowest BCUT2D eigenvalue weighted by atomic mass is 9.72. The van der Waals surface area contributed by atoms with Crippen LogP contribution in [-0.4, -0.2) is 34.9 Å². The van der Waals surface area contributed by atoms with Gasteiger partial charge in [-0.3, -0.25) is 4.79 Å². The molecule has 0 spiro atoms. The van der Waals surface area contributed by atoms with Gasteiger partial charge in [0.05, 0.1) is 11.0 Å². The normalized spacial score (nSPS) is 27.6. The number of nitrogens with one attached hydrogen (secondary N) is 1. The lowest BCUT2D eigenvalue weighted by Crippen LogP contribution is -2.51. The van der Waals surface area contributed by atoms with Gasteiger partial charge in [-0.05, 0) is 66.8 Å². The van der Waals surface area contributed by atoms with E-state index < -0.39 is 16.6 Å². The van der Waals surface area contributed by atoms with Gasteiger partial charge in [-0.1, -0.05) is 6.92 Å². The van der Waals surface area contributed by atoms with Crippen molar-refractivity contribution in [3.05, 3.63) is 0 Å². The van der Waals surface area contributed by atoms with Crippen molar-refractivity contribution in [2.45, 2.75) is 84.5 Å². The number of carbonyl (C=O) groups is 1. The van der Waals surface area contributed by atoms with Gasteiger partial charge in [-0.15, -0.1) is 0 Å². The molecule has 0 amide bonds. The molecule has 2 unspecified atom stereocenters. The monoisotopic (exact) mass is 285 g/mol. The van der Waals surface area contributed by atoms with E-state index in [2.05, 4.69) is 12.2 Å². The van der Waals surface area contributed by atoms with E-state index in [1.165, 1.54) is 0 Å². The van der Waals surface area contributed by atoms with Crippen LogP contribution in [0.2, 0.25) is 0 Å². The number of aliphatic hydroxyl groups is 1. The number of rotatable bonds is 5. The molecule has 1 rings (SSSR count). The molecule has 2 N–H and O–H groups in total. The van der Waals surface area contributed by atoms with Crippen molar-refractivity contribution >= 4 is 5.97 Å². The minimum atomic E-state index is -1.07. The summed E-state index contributed by atoms with van der Waals surface area (Å²) < 4.78 is 5.58. The predicted molar refractivity (Wildman–Crippen MR) is 80.5 cm³/mol. The Kier molecular flexibility index (Phi) is 5.25. The fourth-order valence-corrected chi connectivity index (χ4v) is 2.93. The summed E-state index contributed by atoms with van der Waals surface area (Å²) in [6.07, 6.45) is 3.29. The van der Waals surface area contributed by atoms with Crippen molar-refractivity contribution in [3.63, 3.8) is 0 Å². The molecular formula is C16H31NO3. The summed E-state index contributed by atoms with van der Waals surface area (Å²) in [6, 6.07) is 0.286. The summed E-state index contributed by atoms with van der Waals surface area (Å²) in [5.41, 5.74) is -2.39. The highest BCUT2D eigenvalue weighted by Gasteiger charge is 2.56. The smallest absolute Gasteiger partial charge is 0.315 e. The summed E-state index contributed by atoms with van der Waals surface area (Å²) in [7, 11) is 0. The highest BCUT2D eigenvalue weighted by molar-refractivity contribution is 5.79. The fourth-order valence-electron chi connectivity index (χ4n) is 2.93. The third kappa shape index (κ3) is 3.95.